The highest BCUT2D eigenvalue weighted by molar-refractivity contribution is 5.97. The fourth-order valence-electron chi connectivity index (χ4n) is 3.95. The van der Waals surface area contributed by atoms with Crippen molar-refractivity contribution in [3.05, 3.63) is 84.8 Å². The van der Waals surface area contributed by atoms with Crippen molar-refractivity contribution in [2.45, 2.75) is 13.8 Å². The van der Waals surface area contributed by atoms with Gasteiger partial charge in [0.2, 0.25) is 5.88 Å². The van der Waals surface area contributed by atoms with E-state index in [0.717, 1.165) is 33.1 Å². The lowest BCUT2D eigenvalue weighted by molar-refractivity contribution is 0.468. The van der Waals surface area contributed by atoms with Gasteiger partial charge in [0.1, 0.15) is 17.5 Å². The van der Waals surface area contributed by atoms with Crippen molar-refractivity contribution in [1.82, 2.24) is 15.0 Å². The molecule has 0 aliphatic heterocycles. The number of aryl methyl sites for hydroxylation is 1. The van der Waals surface area contributed by atoms with Gasteiger partial charge in [-0.25, -0.2) is 9.97 Å². The number of rotatable bonds is 5. The summed E-state index contributed by atoms with van der Waals surface area (Å²) in [4.78, 5) is 15.5. The van der Waals surface area contributed by atoms with Crippen molar-refractivity contribution in [3.63, 3.8) is 0 Å². The zero-order valence-electron chi connectivity index (χ0n) is 18.0. The molecule has 0 saturated heterocycles. The molecule has 6 heteroatoms. The molecule has 158 valence electrons. The monoisotopic (exact) mass is 421 g/mol. The third-order valence-corrected chi connectivity index (χ3v) is 5.48. The van der Waals surface area contributed by atoms with Crippen molar-refractivity contribution in [3.8, 4) is 11.6 Å². The van der Waals surface area contributed by atoms with E-state index in [9.17, 15) is 0 Å². The lowest BCUT2D eigenvalue weighted by atomic mass is 10.1. The molecule has 2 N–H and O–H groups in total. The number of anilines is 3. The number of nitrogen functional groups attached to an aromatic ring is 1. The number of nitrogens with zero attached hydrogens (tertiary/aromatic N) is 4. The maximum absolute atomic E-state index is 6.55. The van der Waals surface area contributed by atoms with Crippen LogP contribution in [0.15, 0.2) is 79.1 Å². The fourth-order valence-corrected chi connectivity index (χ4v) is 3.95. The van der Waals surface area contributed by atoms with Crippen LogP contribution in [0, 0.1) is 6.92 Å². The van der Waals surface area contributed by atoms with Crippen LogP contribution in [0.3, 0.4) is 0 Å². The number of aromatic nitrogens is 3. The Morgan fingerprint density at radius 2 is 1.66 bits per heavy atom. The van der Waals surface area contributed by atoms with Gasteiger partial charge in [0.05, 0.1) is 5.69 Å². The molecule has 0 radical (unpaired) electrons. The highest BCUT2D eigenvalue weighted by Crippen LogP contribution is 2.38. The normalized spacial score (nSPS) is 11.1. The Hall–Kier alpha value is -4.19. The van der Waals surface area contributed by atoms with Crippen LogP contribution in [0.4, 0.5) is 17.2 Å². The number of para-hydroxylation sites is 1. The molecular formula is C26H23N5O. The molecule has 0 unspecified atom stereocenters. The Morgan fingerprint density at radius 1 is 0.875 bits per heavy atom. The highest BCUT2D eigenvalue weighted by atomic mass is 16.5. The minimum absolute atomic E-state index is 0.310. The third kappa shape index (κ3) is 3.46. The van der Waals surface area contributed by atoms with Gasteiger partial charge in [-0.2, -0.15) is 4.98 Å². The molecule has 0 saturated carbocycles. The van der Waals surface area contributed by atoms with Gasteiger partial charge in [-0.05, 0) is 37.4 Å². The zero-order chi connectivity index (χ0) is 22.1. The van der Waals surface area contributed by atoms with Crippen LogP contribution in [-0.4, -0.2) is 21.5 Å². The maximum Gasteiger partial charge on any atom is 0.248 e. The standard InChI is InChI=1S/C26H23N5O/c1-3-31(21-12-6-9-18-8-4-5-11-20(18)21)25-23(27)26(29-16-28-25)32-22-13-7-10-19-15-14-17(2)30-24(19)22/h4-16H,3,27H2,1-2H3. The van der Waals surface area contributed by atoms with Crippen LogP contribution in [0.2, 0.25) is 0 Å². The van der Waals surface area contributed by atoms with E-state index in [4.69, 9.17) is 10.5 Å². The zero-order valence-corrected chi connectivity index (χ0v) is 18.0. The van der Waals surface area contributed by atoms with Crippen LogP contribution >= 0.6 is 0 Å². The molecule has 32 heavy (non-hydrogen) atoms. The molecule has 5 aromatic rings. The molecule has 0 spiro atoms. The fraction of sp³-hybridized carbons (Fsp3) is 0.115. The number of fused-ring (bicyclic) bond motifs is 2. The Balaban J connectivity index is 1.59. The smallest absolute Gasteiger partial charge is 0.248 e. The predicted octanol–water partition coefficient (Wildman–Crippen LogP) is 6.02. The van der Waals surface area contributed by atoms with Crippen molar-refractivity contribution in [2.24, 2.45) is 0 Å². The van der Waals surface area contributed by atoms with Gasteiger partial charge in [-0.15, -0.1) is 0 Å². The lowest BCUT2D eigenvalue weighted by Gasteiger charge is -2.25. The summed E-state index contributed by atoms with van der Waals surface area (Å²) in [6, 6.07) is 24.3. The van der Waals surface area contributed by atoms with E-state index >= 15 is 0 Å². The summed E-state index contributed by atoms with van der Waals surface area (Å²) in [5.41, 5.74) is 9.65. The van der Waals surface area contributed by atoms with Crippen molar-refractivity contribution in [2.75, 3.05) is 17.2 Å². The summed E-state index contributed by atoms with van der Waals surface area (Å²) in [6.07, 6.45) is 1.48. The van der Waals surface area contributed by atoms with Gasteiger partial charge >= 0.3 is 0 Å². The first-order valence-corrected chi connectivity index (χ1v) is 10.6. The minimum Gasteiger partial charge on any atom is -0.435 e. The lowest BCUT2D eigenvalue weighted by Crippen LogP contribution is -2.19. The van der Waals surface area contributed by atoms with E-state index in [1.807, 2.05) is 55.5 Å². The summed E-state index contributed by atoms with van der Waals surface area (Å²) in [7, 11) is 0. The Labute approximate surface area is 186 Å². The number of benzene rings is 3. The first-order chi connectivity index (χ1) is 15.7. The average molecular weight is 422 g/mol. The topological polar surface area (TPSA) is 77.2 Å². The molecule has 3 aromatic carbocycles. The molecule has 2 aromatic heterocycles. The quantitative estimate of drug-likeness (QED) is 0.374. The SMILES string of the molecule is CCN(c1ncnc(Oc2cccc3ccc(C)nc23)c1N)c1cccc2ccccc12. The van der Waals surface area contributed by atoms with Gasteiger partial charge in [0.25, 0.3) is 0 Å². The maximum atomic E-state index is 6.55. The predicted molar refractivity (Wildman–Crippen MR) is 130 cm³/mol. The second-order valence-electron chi connectivity index (χ2n) is 7.54. The number of nitrogens with two attached hydrogens (primary N) is 1. The second-order valence-corrected chi connectivity index (χ2v) is 7.54. The Morgan fingerprint density at radius 3 is 2.53 bits per heavy atom. The molecule has 6 nitrogen and oxygen atoms in total. The van der Waals surface area contributed by atoms with Crippen LogP contribution in [-0.2, 0) is 0 Å². The van der Waals surface area contributed by atoms with Gasteiger partial charge in [-0.3, -0.25) is 0 Å². The largest absolute Gasteiger partial charge is 0.435 e. The highest BCUT2D eigenvalue weighted by Gasteiger charge is 2.19. The van der Waals surface area contributed by atoms with Crippen LogP contribution in [0.25, 0.3) is 21.7 Å². The molecular weight excluding hydrogens is 398 g/mol. The number of hydrogen-bond acceptors (Lipinski definition) is 6. The second kappa shape index (κ2) is 8.15. The summed E-state index contributed by atoms with van der Waals surface area (Å²) < 4.78 is 6.17. The first kappa shape index (κ1) is 19.8. The summed E-state index contributed by atoms with van der Waals surface area (Å²) in [5, 5.41) is 3.28. The number of hydrogen-bond donors (Lipinski definition) is 1. The Kier molecular flexibility index (Phi) is 5.03. The molecule has 0 aliphatic rings. The summed E-state index contributed by atoms with van der Waals surface area (Å²) in [5.74, 6) is 1.53. The molecule has 0 fully saturated rings. The van der Waals surface area contributed by atoms with E-state index in [1.165, 1.54) is 6.33 Å². The van der Waals surface area contributed by atoms with Gasteiger partial charge in [0, 0.05) is 23.0 Å². The van der Waals surface area contributed by atoms with E-state index in [2.05, 4.69) is 51.0 Å². The molecule has 0 amide bonds. The molecule has 0 bridgehead atoms. The van der Waals surface area contributed by atoms with Gasteiger partial charge < -0.3 is 15.4 Å². The Bertz CT molecular complexity index is 1430. The van der Waals surface area contributed by atoms with Crippen LogP contribution in [0.5, 0.6) is 11.6 Å². The summed E-state index contributed by atoms with van der Waals surface area (Å²) in [6.45, 7) is 4.71. The van der Waals surface area contributed by atoms with E-state index < -0.39 is 0 Å². The van der Waals surface area contributed by atoms with Crippen molar-refractivity contribution < 1.29 is 4.74 Å². The van der Waals surface area contributed by atoms with Gasteiger partial charge in [-0.1, -0.05) is 54.6 Å². The van der Waals surface area contributed by atoms with E-state index in [0.29, 0.717) is 29.7 Å². The number of pyridine rings is 1. The summed E-state index contributed by atoms with van der Waals surface area (Å²) >= 11 is 0. The van der Waals surface area contributed by atoms with Crippen LogP contribution in [0.1, 0.15) is 12.6 Å². The van der Waals surface area contributed by atoms with Crippen molar-refractivity contribution >= 4 is 38.9 Å². The van der Waals surface area contributed by atoms with Crippen LogP contribution < -0.4 is 15.4 Å². The van der Waals surface area contributed by atoms with Gasteiger partial charge in [0.15, 0.2) is 11.6 Å². The molecule has 0 atom stereocenters. The average Bonchev–Trinajstić information content (AvgIpc) is 2.82. The first-order valence-electron chi connectivity index (χ1n) is 10.6. The molecule has 2 heterocycles. The minimum atomic E-state index is 0.310. The van der Waals surface area contributed by atoms with Crippen molar-refractivity contribution in [1.29, 1.82) is 0 Å². The van der Waals surface area contributed by atoms with E-state index in [1.54, 1.807) is 0 Å². The number of ether oxygens (including phenoxy) is 1. The molecule has 0 aliphatic carbocycles. The molecule has 5 rings (SSSR count). The van der Waals surface area contributed by atoms with E-state index in [-0.39, 0.29) is 0 Å². The third-order valence-electron chi connectivity index (χ3n) is 5.48.